The number of carbonyl (C=O) groups is 1. The Hall–Kier alpha value is -2.93. The van der Waals surface area contributed by atoms with Crippen molar-refractivity contribution in [1.29, 1.82) is 0 Å². The molecule has 4 rings (SSSR count). The Morgan fingerprint density at radius 1 is 1.07 bits per heavy atom. The Balaban J connectivity index is 1.38. The van der Waals surface area contributed by atoms with Crippen molar-refractivity contribution in [1.82, 2.24) is 14.0 Å². The van der Waals surface area contributed by atoms with E-state index in [1.54, 1.807) is 35.4 Å². The van der Waals surface area contributed by atoms with Crippen LogP contribution in [0.2, 0.25) is 0 Å². The van der Waals surface area contributed by atoms with Crippen LogP contribution in [0, 0.1) is 11.7 Å². The number of halogens is 1. The lowest BCUT2D eigenvalue weighted by atomic mass is 9.95. The molecule has 0 saturated carbocycles. The number of imidazole rings is 1. The first-order valence-electron chi connectivity index (χ1n) is 9.86. The second-order valence-corrected chi connectivity index (χ2v) is 7.74. The van der Waals surface area contributed by atoms with E-state index >= 15 is 0 Å². The summed E-state index contributed by atoms with van der Waals surface area (Å²) in [4.78, 5) is 27.0. The van der Waals surface area contributed by atoms with Gasteiger partial charge in [0.05, 0.1) is 11.0 Å². The minimum Gasteiger partial charge on any atom is -0.326 e. The van der Waals surface area contributed by atoms with Gasteiger partial charge in [-0.3, -0.25) is 18.8 Å². The monoisotopic (exact) mass is 396 g/mol. The van der Waals surface area contributed by atoms with Crippen LogP contribution in [0.5, 0.6) is 0 Å². The summed E-state index contributed by atoms with van der Waals surface area (Å²) in [6.07, 6.45) is 1.48. The van der Waals surface area contributed by atoms with Crippen molar-refractivity contribution in [2.24, 2.45) is 20.0 Å². The number of nitrogens with one attached hydrogen (secondary N) is 1. The van der Waals surface area contributed by atoms with Crippen molar-refractivity contribution >= 4 is 22.6 Å². The molecule has 1 aliphatic rings. The number of hydrogen-bond acceptors (Lipinski definition) is 3. The Labute approximate surface area is 168 Å². The van der Waals surface area contributed by atoms with Gasteiger partial charge < -0.3 is 5.32 Å². The first-order chi connectivity index (χ1) is 13.9. The molecule has 7 heteroatoms. The van der Waals surface area contributed by atoms with Crippen molar-refractivity contribution in [2.75, 3.05) is 18.4 Å². The number of nitrogens with zero attached hydrogens (tertiary/aromatic N) is 3. The Morgan fingerprint density at radius 2 is 1.76 bits per heavy atom. The highest BCUT2D eigenvalue weighted by Gasteiger charge is 2.25. The molecule has 3 aromatic rings. The van der Waals surface area contributed by atoms with Gasteiger partial charge in [-0.15, -0.1) is 0 Å². The van der Waals surface area contributed by atoms with Crippen LogP contribution in [0.25, 0.3) is 11.0 Å². The van der Waals surface area contributed by atoms with E-state index in [9.17, 15) is 14.0 Å². The van der Waals surface area contributed by atoms with Crippen LogP contribution in [-0.4, -0.2) is 33.0 Å². The van der Waals surface area contributed by atoms with Crippen molar-refractivity contribution in [3.05, 3.63) is 64.3 Å². The third-order valence-electron chi connectivity index (χ3n) is 5.85. The maximum Gasteiger partial charge on any atom is 0.328 e. The third kappa shape index (κ3) is 3.82. The van der Waals surface area contributed by atoms with Crippen molar-refractivity contribution in [3.8, 4) is 0 Å². The van der Waals surface area contributed by atoms with Gasteiger partial charge in [0.2, 0.25) is 5.91 Å². The molecule has 0 unspecified atom stereocenters. The van der Waals surface area contributed by atoms with E-state index < -0.39 is 0 Å². The van der Waals surface area contributed by atoms with Crippen LogP contribution in [0.1, 0.15) is 18.4 Å². The summed E-state index contributed by atoms with van der Waals surface area (Å²) in [5.74, 6) is -0.254. The first-order valence-corrected chi connectivity index (χ1v) is 9.86. The van der Waals surface area contributed by atoms with E-state index in [2.05, 4.69) is 10.2 Å². The summed E-state index contributed by atoms with van der Waals surface area (Å²) in [7, 11) is 3.46. The quantitative estimate of drug-likeness (QED) is 0.738. The van der Waals surface area contributed by atoms with Crippen LogP contribution in [0.4, 0.5) is 10.1 Å². The average Bonchev–Trinajstić information content (AvgIpc) is 2.94. The van der Waals surface area contributed by atoms with Crippen LogP contribution in [-0.2, 0) is 25.4 Å². The standard InChI is InChI=1S/C22H25FN4O2/c1-25-19-8-7-17(13-20(19)26(2)22(25)29)24-21(28)15-9-11-27(12-10-15)14-16-5-3-4-6-18(16)23/h3-8,13,15H,9-12,14H2,1-2H3,(H,24,28). The molecule has 0 radical (unpaired) electrons. The lowest BCUT2D eigenvalue weighted by Crippen LogP contribution is -2.37. The van der Waals surface area contributed by atoms with Gasteiger partial charge >= 0.3 is 5.69 Å². The zero-order chi connectivity index (χ0) is 20.5. The Morgan fingerprint density at radius 3 is 2.48 bits per heavy atom. The maximum absolute atomic E-state index is 13.8. The Kier molecular flexibility index (Phi) is 5.24. The minimum atomic E-state index is -0.182. The predicted molar refractivity (Wildman–Crippen MR) is 111 cm³/mol. The number of benzene rings is 2. The van der Waals surface area contributed by atoms with Gasteiger partial charge in [0, 0.05) is 37.8 Å². The molecular formula is C22H25FN4O2. The summed E-state index contributed by atoms with van der Waals surface area (Å²) in [5.41, 5.74) is 2.91. The molecule has 2 aromatic carbocycles. The summed E-state index contributed by atoms with van der Waals surface area (Å²) < 4.78 is 17.0. The molecular weight excluding hydrogens is 371 g/mol. The van der Waals surface area contributed by atoms with E-state index in [0.717, 1.165) is 37.0 Å². The minimum absolute atomic E-state index is 0.00387. The average molecular weight is 396 g/mol. The van der Waals surface area contributed by atoms with Gasteiger partial charge in [0.1, 0.15) is 5.82 Å². The van der Waals surface area contributed by atoms with Crippen molar-refractivity contribution < 1.29 is 9.18 Å². The van der Waals surface area contributed by atoms with E-state index in [0.29, 0.717) is 17.8 Å². The van der Waals surface area contributed by atoms with E-state index in [4.69, 9.17) is 0 Å². The fraction of sp³-hybridized carbons (Fsp3) is 0.364. The summed E-state index contributed by atoms with van der Waals surface area (Å²) in [6.45, 7) is 2.09. The number of amides is 1. The van der Waals surface area contributed by atoms with Crippen LogP contribution in [0.3, 0.4) is 0 Å². The topological polar surface area (TPSA) is 59.3 Å². The molecule has 0 atom stereocenters. The normalized spacial score (nSPS) is 15.7. The highest BCUT2D eigenvalue weighted by atomic mass is 19.1. The predicted octanol–water partition coefficient (Wildman–Crippen LogP) is 2.87. The summed E-state index contributed by atoms with van der Waals surface area (Å²) in [6, 6.07) is 12.3. The lowest BCUT2D eigenvalue weighted by molar-refractivity contribution is -0.121. The third-order valence-corrected chi connectivity index (χ3v) is 5.85. The van der Waals surface area contributed by atoms with Crippen LogP contribution < -0.4 is 11.0 Å². The molecule has 0 bridgehead atoms. The van der Waals surface area contributed by atoms with Gasteiger partial charge in [-0.1, -0.05) is 18.2 Å². The summed E-state index contributed by atoms with van der Waals surface area (Å²) in [5, 5.41) is 2.99. The summed E-state index contributed by atoms with van der Waals surface area (Å²) >= 11 is 0. The molecule has 1 aliphatic heterocycles. The molecule has 1 aromatic heterocycles. The molecule has 1 N–H and O–H groups in total. The number of piperidine rings is 1. The van der Waals surface area contributed by atoms with E-state index in [-0.39, 0.29) is 23.3 Å². The molecule has 1 saturated heterocycles. The molecule has 2 heterocycles. The smallest absolute Gasteiger partial charge is 0.326 e. The fourth-order valence-electron chi connectivity index (χ4n) is 4.05. The van der Waals surface area contributed by atoms with E-state index in [1.165, 1.54) is 6.07 Å². The van der Waals surface area contributed by atoms with E-state index in [1.807, 2.05) is 24.3 Å². The highest BCUT2D eigenvalue weighted by Crippen LogP contribution is 2.23. The second-order valence-electron chi connectivity index (χ2n) is 7.74. The van der Waals surface area contributed by atoms with Gasteiger partial charge in [-0.05, 0) is 50.2 Å². The second kappa shape index (κ2) is 7.83. The molecule has 0 spiro atoms. The van der Waals surface area contributed by atoms with Gasteiger partial charge in [0.15, 0.2) is 0 Å². The lowest BCUT2D eigenvalue weighted by Gasteiger charge is -2.31. The Bertz CT molecular complexity index is 1110. The SMILES string of the molecule is Cn1c(=O)n(C)c2cc(NC(=O)C3CCN(Cc4ccccc4F)CC3)ccc21. The first kappa shape index (κ1) is 19.4. The largest absolute Gasteiger partial charge is 0.328 e. The molecule has 0 aliphatic carbocycles. The number of likely N-dealkylation sites (tertiary alicyclic amines) is 1. The molecule has 1 fully saturated rings. The van der Waals surface area contributed by atoms with Crippen molar-refractivity contribution in [3.63, 3.8) is 0 Å². The number of aromatic nitrogens is 2. The number of anilines is 1. The molecule has 1 amide bonds. The molecule has 29 heavy (non-hydrogen) atoms. The zero-order valence-corrected chi connectivity index (χ0v) is 16.7. The number of hydrogen-bond donors (Lipinski definition) is 1. The number of aryl methyl sites for hydroxylation is 2. The zero-order valence-electron chi connectivity index (χ0n) is 16.7. The van der Waals surface area contributed by atoms with Crippen molar-refractivity contribution in [2.45, 2.75) is 19.4 Å². The van der Waals surface area contributed by atoms with Crippen LogP contribution >= 0.6 is 0 Å². The number of carbonyl (C=O) groups excluding carboxylic acids is 1. The molecule has 6 nitrogen and oxygen atoms in total. The van der Waals surface area contributed by atoms with Gasteiger partial charge in [-0.2, -0.15) is 0 Å². The maximum atomic E-state index is 13.8. The van der Waals surface area contributed by atoms with Gasteiger partial charge in [-0.25, -0.2) is 9.18 Å². The number of rotatable bonds is 4. The van der Waals surface area contributed by atoms with Crippen LogP contribution in [0.15, 0.2) is 47.3 Å². The van der Waals surface area contributed by atoms with Gasteiger partial charge in [0.25, 0.3) is 0 Å². The molecule has 152 valence electrons. The highest BCUT2D eigenvalue weighted by molar-refractivity contribution is 5.94. The number of fused-ring (bicyclic) bond motifs is 1. The fourth-order valence-corrected chi connectivity index (χ4v) is 4.05.